The van der Waals surface area contributed by atoms with E-state index in [1.54, 1.807) is 6.20 Å². The third-order valence-corrected chi connectivity index (χ3v) is 4.24. The number of anilines is 1. The number of rotatable bonds is 3. The molecule has 3 rings (SSSR count). The van der Waals surface area contributed by atoms with E-state index >= 15 is 0 Å². The van der Waals surface area contributed by atoms with Gasteiger partial charge in [-0.25, -0.2) is 0 Å². The summed E-state index contributed by atoms with van der Waals surface area (Å²) >= 11 is 0. The van der Waals surface area contributed by atoms with E-state index in [0.29, 0.717) is 11.9 Å². The number of carbonyl (C=O) groups excluding carboxylic acids is 1. The number of likely N-dealkylation sites (tertiary alicyclic amines) is 1. The molecule has 0 spiro atoms. The number of aromatic amines is 2. The highest BCUT2D eigenvalue weighted by molar-refractivity contribution is 5.95. The maximum atomic E-state index is 12.5. The van der Waals surface area contributed by atoms with Crippen molar-refractivity contribution in [3.63, 3.8) is 0 Å². The van der Waals surface area contributed by atoms with Gasteiger partial charge in [0.15, 0.2) is 0 Å². The van der Waals surface area contributed by atoms with Gasteiger partial charge in [-0.1, -0.05) is 0 Å². The first-order valence-electron chi connectivity index (χ1n) is 7.58. The average Bonchev–Trinajstić information content (AvgIpc) is 3.15. The first-order valence-corrected chi connectivity index (χ1v) is 7.58. The molecule has 1 saturated heterocycles. The van der Waals surface area contributed by atoms with Gasteiger partial charge in [-0.05, 0) is 25.3 Å². The highest BCUT2D eigenvalue weighted by atomic mass is 16.2. The molecule has 1 aliphatic rings. The van der Waals surface area contributed by atoms with Crippen molar-refractivity contribution in [1.82, 2.24) is 25.1 Å². The molecule has 3 heterocycles. The number of piperidine rings is 1. The quantitative estimate of drug-likeness (QED) is 0.901. The second kappa shape index (κ2) is 5.82. The third kappa shape index (κ3) is 2.70. The molecule has 1 fully saturated rings. The number of aromatic nitrogens is 4. The van der Waals surface area contributed by atoms with E-state index in [-0.39, 0.29) is 5.91 Å². The number of carbonyl (C=O) groups is 1. The van der Waals surface area contributed by atoms with Gasteiger partial charge in [-0.2, -0.15) is 4.98 Å². The van der Waals surface area contributed by atoms with Gasteiger partial charge in [0.1, 0.15) is 5.82 Å². The minimum Gasteiger partial charge on any atom is -0.367 e. The molecule has 2 N–H and O–H groups in total. The summed E-state index contributed by atoms with van der Waals surface area (Å²) in [5.41, 5.74) is 1.77. The maximum absolute atomic E-state index is 12.5. The largest absolute Gasteiger partial charge is 0.367 e. The molecule has 7 heteroatoms. The van der Waals surface area contributed by atoms with Crippen LogP contribution in [0.5, 0.6) is 0 Å². The molecule has 2 aromatic heterocycles. The lowest BCUT2D eigenvalue weighted by Gasteiger charge is -2.31. The molecule has 2 aromatic rings. The molecule has 0 radical (unpaired) electrons. The fraction of sp³-hybridized carbons (Fsp3) is 0.533. The van der Waals surface area contributed by atoms with Crippen LogP contribution in [0.1, 0.15) is 40.5 Å². The van der Waals surface area contributed by atoms with Gasteiger partial charge in [0.2, 0.25) is 5.95 Å². The lowest BCUT2D eigenvalue weighted by atomic mass is 9.95. The Morgan fingerprint density at radius 1 is 1.32 bits per heavy atom. The van der Waals surface area contributed by atoms with Crippen LogP contribution in [0.3, 0.4) is 0 Å². The number of H-pyrrole nitrogens is 2. The molecule has 0 bridgehead atoms. The van der Waals surface area contributed by atoms with Crippen molar-refractivity contribution in [2.24, 2.45) is 0 Å². The maximum Gasteiger partial charge on any atom is 0.255 e. The Morgan fingerprint density at radius 2 is 2.05 bits per heavy atom. The highest BCUT2D eigenvalue weighted by Crippen LogP contribution is 2.27. The summed E-state index contributed by atoms with van der Waals surface area (Å²) in [6.45, 7) is 3.46. The van der Waals surface area contributed by atoms with Crippen molar-refractivity contribution in [3.05, 3.63) is 29.3 Å². The lowest BCUT2D eigenvalue weighted by molar-refractivity contribution is 0.0710. The Balaban J connectivity index is 1.62. The van der Waals surface area contributed by atoms with E-state index in [4.69, 9.17) is 0 Å². The summed E-state index contributed by atoms with van der Waals surface area (Å²) in [4.78, 5) is 23.8. The number of hydrogen-bond acceptors (Lipinski definition) is 4. The van der Waals surface area contributed by atoms with Gasteiger partial charge in [0.25, 0.3) is 5.91 Å². The summed E-state index contributed by atoms with van der Waals surface area (Å²) in [6.07, 6.45) is 5.47. The van der Waals surface area contributed by atoms with Crippen molar-refractivity contribution in [3.8, 4) is 0 Å². The molecule has 0 aromatic carbocycles. The Bertz CT molecular complexity index is 651. The minimum absolute atomic E-state index is 0.115. The number of nitrogens with one attached hydrogen (secondary N) is 2. The number of amides is 1. The van der Waals surface area contributed by atoms with E-state index < -0.39 is 0 Å². The van der Waals surface area contributed by atoms with Gasteiger partial charge in [0.05, 0.1) is 5.56 Å². The van der Waals surface area contributed by atoms with E-state index in [9.17, 15) is 4.79 Å². The van der Waals surface area contributed by atoms with Crippen molar-refractivity contribution >= 4 is 11.9 Å². The van der Waals surface area contributed by atoms with Crippen LogP contribution < -0.4 is 4.90 Å². The molecule has 1 aliphatic heterocycles. The molecular weight excluding hydrogens is 280 g/mol. The highest BCUT2D eigenvalue weighted by Gasteiger charge is 2.27. The molecule has 0 saturated carbocycles. The van der Waals surface area contributed by atoms with Crippen LogP contribution in [0.15, 0.2) is 12.4 Å². The van der Waals surface area contributed by atoms with Crippen LogP contribution in [0.25, 0.3) is 0 Å². The van der Waals surface area contributed by atoms with Gasteiger partial charge in [0, 0.05) is 45.5 Å². The van der Waals surface area contributed by atoms with Crippen molar-refractivity contribution in [2.75, 3.05) is 32.1 Å². The van der Waals surface area contributed by atoms with E-state index in [1.165, 1.54) is 0 Å². The molecule has 22 heavy (non-hydrogen) atoms. The SMILES string of the molecule is Cc1c[nH]cc1C(=O)N1CCC(c2nc(N(C)C)n[nH]2)CC1. The monoisotopic (exact) mass is 302 g/mol. The van der Waals surface area contributed by atoms with Crippen molar-refractivity contribution < 1.29 is 4.79 Å². The van der Waals surface area contributed by atoms with Crippen molar-refractivity contribution in [1.29, 1.82) is 0 Å². The van der Waals surface area contributed by atoms with Crippen LogP contribution in [-0.4, -0.2) is 58.2 Å². The zero-order chi connectivity index (χ0) is 15.7. The van der Waals surface area contributed by atoms with Gasteiger partial charge in [-0.3, -0.25) is 9.89 Å². The van der Waals surface area contributed by atoms with E-state index in [1.807, 2.05) is 37.0 Å². The van der Waals surface area contributed by atoms with Gasteiger partial charge >= 0.3 is 0 Å². The van der Waals surface area contributed by atoms with Crippen LogP contribution in [0.2, 0.25) is 0 Å². The second-order valence-electron chi connectivity index (χ2n) is 6.03. The summed E-state index contributed by atoms with van der Waals surface area (Å²) < 4.78 is 0. The van der Waals surface area contributed by atoms with Crippen LogP contribution in [-0.2, 0) is 0 Å². The Morgan fingerprint density at radius 3 is 2.59 bits per heavy atom. The molecule has 0 atom stereocenters. The summed E-state index contributed by atoms with van der Waals surface area (Å²) in [5, 5.41) is 7.23. The molecule has 1 amide bonds. The normalized spacial score (nSPS) is 16.0. The summed E-state index contributed by atoms with van der Waals surface area (Å²) in [6, 6.07) is 0. The predicted octanol–water partition coefficient (Wildman–Crippen LogP) is 1.53. The van der Waals surface area contributed by atoms with Crippen LogP contribution in [0, 0.1) is 6.92 Å². The second-order valence-corrected chi connectivity index (χ2v) is 6.03. The van der Waals surface area contributed by atoms with E-state index in [2.05, 4.69) is 20.2 Å². The molecule has 118 valence electrons. The molecular formula is C15H22N6O. The van der Waals surface area contributed by atoms with E-state index in [0.717, 1.165) is 42.9 Å². The molecule has 0 aliphatic carbocycles. The standard InChI is InChI=1S/C15H22N6O/c1-10-8-16-9-12(10)14(22)21-6-4-11(5-7-21)13-17-15(19-18-13)20(2)3/h8-9,11,16H,4-7H2,1-3H3,(H,17,18,19). The Kier molecular flexibility index (Phi) is 3.87. The number of aryl methyl sites for hydroxylation is 1. The molecule has 0 unspecified atom stereocenters. The smallest absolute Gasteiger partial charge is 0.255 e. The van der Waals surface area contributed by atoms with Crippen LogP contribution >= 0.6 is 0 Å². The fourth-order valence-electron chi connectivity index (χ4n) is 2.85. The minimum atomic E-state index is 0.115. The zero-order valence-electron chi connectivity index (χ0n) is 13.3. The number of nitrogens with zero attached hydrogens (tertiary/aromatic N) is 4. The average molecular weight is 302 g/mol. The topological polar surface area (TPSA) is 80.9 Å². The zero-order valence-corrected chi connectivity index (χ0v) is 13.3. The predicted molar refractivity (Wildman–Crippen MR) is 84.1 cm³/mol. The Hall–Kier alpha value is -2.31. The summed E-state index contributed by atoms with van der Waals surface area (Å²) in [7, 11) is 3.85. The number of hydrogen-bond donors (Lipinski definition) is 2. The van der Waals surface area contributed by atoms with Crippen LogP contribution in [0.4, 0.5) is 5.95 Å². The van der Waals surface area contributed by atoms with Gasteiger partial charge < -0.3 is 14.8 Å². The third-order valence-electron chi connectivity index (χ3n) is 4.24. The molecule has 7 nitrogen and oxygen atoms in total. The fourth-order valence-corrected chi connectivity index (χ4v) is 2.85. The van der Waals surface area contributed by atoms with Crippen molar-refractivity contribution in [2.45, 2.75) is 25.7 Å². The lowest BCUT2D eigenvalue weighted by Crippen LogP contribution is -2.38. The Labute approximate surface area is 129 Å². The first kappa shape index (κ1) is 14.6. The summed E-state index contributed by atoms with van der Waals surface area (Å²) in [5.74, 6) is 2.09. The first-order chi connectivity index (χ1) is 10.6. The van der Waals surface area contributed by atoms with Gasteiger partial charge in [-0.15, -0.1) is 5.10 Å².